The number of hydrogen-bond donors (Lipinski definition) is 1. The van der Waals surface area contributed by atoms with Crippen molar-refractivity contribution in [2.45, 2.75) is 33.4 Å². The van der Waals surface area contributed by atoms with E-state index in [9.17, 15) is 9.59 Å². The lowest BCUT2D eigenvalue weighted by atomic mass is 10.1. The summed E-state index contributed by atoms with van der Waals surface area (Å²) >= 11 is 0. The third kappa shape index (κ3) is 2.79. The predicted octanol–water partition coefficient (Wildman–Crippen LogP) is 1.45. The van der Waals surface area contributed by atoms with E-state index in [1.165, 1.54) is 4.57 Å². The molecular weight excluding hydrogens is 258 g/mol. The summed E-state index contributed by atoms with van der Waals surface area (Å²) in [4.78, 5) is 27.3. The van der Waals surface area contributed by atoms with Crippen LogP contribution >= 0.6 is 0 Å². The molecule has 106 valence electrons. The van der Waals surface area contributed by atoms with Crippen LogP contribution in [0.4, 0.5) is 0 Å². The molecule has 0 radical (unpaired) electrons. The van der Waals surface area contributed by atoms with E-state index in [4.69, 9.17) is 5.11 Å². The van der Waals surface area contributed by atoms with Gasteiger partial charge in [0.1, 0.15) is 5.56 Å². The van der Waals surface area contributed by atoms with Crippen molar-refractivity contribution >= 4 is 5.97 Å². The van der Waals surface area contributed by atoms with Crippen LogP contribution in [0.15, 0.2) is 29.6 Å². The van der Waals surface area contributed by atoms with Gasteiger partial charge in [0.25, 0.3) is 5.56 Å². The summed E-state index contributed by atoms with van der Waals surface area (Å²) in [7, 11) is 0. The van der Waals surface area contributed by atoms with Crippen LogP contribution in [0.3, 0.4) is 0 Å². The van der Waals surface area contributed by atoms with E-state index in [0.717, 1.165) is 18.7 Å². The quantitative estimate of drug-likeness (QED) is 0.896. The summed E-state index contributed by atoms with van der Waals surface area (Å²) in [6.45, 7) is 4.69. The van der Waals surface area contributed by atoms with Crippen molar-refractivity contribution < 1.29 is 9.90 Å². The van der Waals surface area contributed by atoms with Crippen LogP contribution in [-0.4, -0.2) is 25.2 Å². The Morgan fingerprint density at radius 2 is 2.10 bits per heavy atom. The van der Waals surface area contributed by atoms with E-state index in [1.54, 1.807) is 25.5 Å². The van der Waals surface area contributed by atoms with Crippen molar-refractivity contribution in [1.82, 2.24) is 14.1 Å². The molecule has 0 aliphatic heterocycles. The van der Waals surface area contributed by atoms with E-state index in [2.05, 4.69) is 4.98 Å². The number of aromatic nitrogens is 3. The van der Waals surface area contributed by atoms with Crippen LogP contribution < -0.4 is 5.56 Å². The van der Waals surface area contributed by atoms with Gasteiger partial charge in [0.2, 0.25) is 0 Å². The van der Waals surface area contributed by atoms with Crippen LogP contribution in [0.25, 0.3) is 0 Å². The Labute approximate surface area is 116 Å². The molecule has 6 nitrogen and oxygen atoms in total. The highest BCUT2D eigenvalue weighted by Crippen LogP contribution is 2.07. The number of aryl methyl sites for hydroxylation is 3. The molecule has 1 N–H and O–H groups in total. The Morgan fingerprint density at radius 3 is 2.70 bits per heavy atom. The number of carboxylic acids is 1. The standard InChI is InChI=1S/C14H17N3O3/c1-10-8-11(2)17(13(18)12(10)14(19)20)6-3-5-16-7-4-15-9-16/h4,7-9H,3,5-6H2,1-2H3,(H,19,20). The number of carbonyl (C=O) groups is 1. The first-order chi connectivity index (χ1) is 9.50. The fraction of sp³-hybridized carbons (Fsp3) is 0.357. The highest BCUT2D eigenvalue weighted by molar-refractivity contribution is 5.88. The normalized spacial score (nSPS) is 10.7. The molecule has 2 aromatic heterocycles. The lowest BCUT2D eigenvalue weighted by molar-refractivity contribution is 0.0693. The number of aromatic carboxylic acids is 1. The molecule has 0 fully saturated rings. The first kappa shape index (κ1) is 14.0. The molecule has 0 saturated carbocycles. The van der Waals surface area contributed by atoms with Gasteiger partial charge in [-0.15, -0.1) is 0 Å². The minimum Gasteiger partial charge on any atom is -0.477 e. The molecule has 0 spiro atoms. The van der Waals surface area contributed by atoms with Crippen LogP contribution in [0.1, 0.15) is 28.0 Å². The Hall–Kier alpha value is -2.37. The van der Waals surface area contributed by atoms with E-state index in [-0.39, 0.29) is 5.56 Å². The van der Waals surface area contributed by atoms with Crippen molar-refractivity contribution in [3.05, 3.63) is 52.0 Å². The predicted molar refractivity (Wildman–Crippen MR) is 74.0 cm³/mol. The van der Waals surface area contributed by atoms with E-state index in [0.29, 0.717) is 12.1 Å². The minimum absolute atomic E-state index is 0.141. The van der Waals surface area contributed by atoms with Crippen molar-refractivity contribution in [1.29, 1.82) is 0 Å². The van der Waals surface area contributed by atoms with Gasteiger partial charge in [-0.05, 0) is 31.9 Å². The van der Waals surface area contributed by atoms with Gasteiger partial charge in [-0.1, -0.05) is 0 Å². The van der Waals surface area contributed by atoms with Crippen LogP contribution in [0.5, 0.6) is 0 Å². The van der Waals surface area contributed by atoms with Gasteiger partial charge in [-0.2, -0.15) is 0 Å². The fourth-order valence-electron chi connectivity index (χ4n) is 2.30. The molecule has 0 atom stereocenters. The second-order valence-corrected chi connectivity index (χ2v) is 4.76. The van der Waals surface area contributed by atoms with Crippen LogP contribution in [0.2, 0.25) is 0 Å². The summed E-state index contributed by atoms with van der Waals surface area (Å²) in [5.41, 5.74) is 0.716. The van der Waals surface area contributed by atoms with Crippen molar-refractivity contribution in [3.63, 3.8) is 0 Å². The molecule has 2 aromatic rings. The van der Waals surface area contributed by atoms with Crippen molar-refractivity contribution in [2.75, 3.05) is 0 Å². The molecule has 0 aliphatic carbocycles. The highest BCUT2D eigenvalue weighted by atomic mass is 16.4. The first-order valence-corrected chi connectivity index (χ1v) is 6.41. The molecule has 0 amide bonds. The van der Waals surface area contributed by atoms with Gasteiger partial charge in [0, 0.05) is 31.2 Å². The molecule has 0 unspecified atom stereocenters. The fourth-order valence-corrected chi connectivity index (χ4v) is 2.30. The molecule has 2 rings (SSSR count). The lowest BCUT2D eigenvalue weighted by Crippen LogP contribution is -2.29. The monoisotopic (exact) mass is 275 g/mol. The molecule has 2 heterocycles. The van der Waals surface area contributed by atoms with Crippen LogP contribution in [0, 0.1) is 13.8 Å². The zero-order valence-electron chi connectivity index (χ0n) is 11.5. The van der Waals surface area contributed by atoms with Crippen LogP contribution in [-0.2, 0) is 13.1 Å². The molecule has 0 bridgehead atoms. The largest absolute Gasteiger partial charge is 0.477 e. The van der Waals surface area contributed by atoms with Gasteiger partial charge >= 0.3 is 5.97 Å². The number of carboxylic acid groups (broad SMARTS) is 1. The zero-order valence-corrected chi connectivity index (χ0v) is 11.5. The molecule has 6 heteroatoms. The van der Waals surface area contributed by atoms with Crippen molar-refractivity contribution in [3.8, 4) is 0 Å². The maximum Gasteiger partial charge on any atom is 0.341 e. The number of imidazole rings is 1. The molecule has 0 aromatic carbocycles. The Bertz CT molecular complexity index is 672. The third-order valence-corrected chi connectivity index (χ3v) is 3.28. The topological polar surface area (TPSA) is 77.1 Å². The van der Waals surface area contributed by atoms with E-state index >= 15 is 0 Å². The second kappa shape index (κ2) is 5.73. The first-order valence-electron chi connectivity index (χ1n) is 6.41. The smallest absolute Gasteiger partial charge is 0.341 e. The Kier molecular flexibility index (Phi) is 4.02. The summed E-state index contributed by atoms with van der Waals surface area (Å²) in [5, 5.41) is 9.11. The average Bonchev–Trinajstić information content (AvgIpc) is 2.85. The number of rotatable bonds is 5. The highest BCUT2D eigenvalue weighted by Gasteiger charge is 2.16. The number of pyridine rings is 1. The number of hydrogen-bond acceptors (Lipinski definition) is 3. The average molecular weight is 275 g/mol. The third-order valence-electron chi connectivity index (χ3n) is 3.28. The van der Waals surface area contributed by atoms with E-state index in [1.807, 2.05) is 17.7 Å². The summed E-state index contributed by atoms with van der Waals surface area (Å²) in [5.74, 6) is -1.17. The molecule has 20 heavy (non-hydrogen) atoms. The summed E-state index contributed by atoms with van der Waals surface area (Å²) in [6.07, 6.45) is 6.01. The summed E-state index contributed by atoms with van der Waals surface area (Å²) < 4.78 is 3.44. The minimum atomic E-state index is -1.17. The Balaban J connectivity index is 2.21. The van der Waals surface area contributed by atoms with Crippen molar-refractivity contribution in [2.24, 2.45) is 0 Å². The second-order valence-electron chi connectivity index (χ2n) is 4.76. The number of nitrogens with zero attached hydrogens (tertiary/aromatic N) is 3. The molecule has 0 saturated heterocycles. The zero-order chi connectivity index (χ0) is 14.7. The Morgan fingerprint density at radius 1 is 1.35 bits per heavy atom. The maximum absolute atomic E-state index is 12.2. The van der Waals surface area contributed by atoms with Gasteiger partial charge in [-0.25, -0.2) is 9.78 Å². The van der Waals surface area contributed by atoms with Gasteiger partial charge < -0.3 is 14.2 Å². The molecule has 0 aliphatic rings. The van der Waals surface area contributed by atoms with Gasteiger partial charge in [-0.3, -0.25) is 4.79 Å². The van der Waals surface area contributed by atoms with Gasteiger partial charge in [0.05, 0.1) is 6.33 Å². The maximum atomic E-state index is 12.2. The van der Waals surface area contributed by atoms with Gasteiger partial charge in [0.15, 0.2) is 0 Å². The molecular formula is C14H17N3O3. The van der Waals surface area contributed by atoms with E-state index < -0.39 is 11.5 Å². The lowest BCUT2D eigenvalue weighted by Gasteiger charge is -2.12. The SMILES string of the molecule is Cc1cc(C)n(CCCn2ccnc2)c(=O)c1C(=O)O. The summed E-state index contributed by atoms with van der Waals surface area (Å²) in [6, 6.07) is 1.74.